The summed E-state index contributed by atoms with van der Waals surface area (Å²) in [6.07, 6.45) is 0. The third-order valence-electron chi connectivity index (χ3n) is 3.66. The first kappa shape index (κ1) is 16.5. The third-order valence-corrected chi connectivity index (χ3v) is 3.66. The Kier molecular flexibility index (Phi) is 4.95. The fourth-order valence-electron chi connectivity index (χ4n) is 2.22. The highest BCUT2D eigenvalue weighted by molar-refractivity contribution is 5.54. The normalized spacial score (nSPS) is 11.4. The average Bonchev–Trinajstić information content (AvgIpc) is 2.61. The van der Waals surface area contributed by atoms with Crippen LogP contribution in [-0.4, -0.2) is 0 Å². The molecule has 0 aliphatic heterocycles. The lowest BCUT2D eigenvalue weighted by atomic mass is 10.2. The van der Waals surface area contributed by atoms with Crippen molar-refractivity contribution in [3.05, 3.63) is 77.9 Å². The number of azo groups is 2. The summed E-state index contributed by atoms with van der Waals surface area (Å²) >= 11 is 0. The van der Waals surface area contributed by atoms with E-state index < -0.39 is 0 Å². The van der Waals surface area contributed by atoms with Crippen molar-refractivity contribution in [1.29, 1.82) is 0 Å². The van der Waals surface area contributed by atoms with Crippen molar-refractivity contribution >= 4 is 28.4 Å². The van der Waals surface area contributed by atoms with Crippen LogP contribution in [0, 0.1) is 13.8 Å². The molecule has 0 saturated heterocycles. The van der Waals surface area contributed by atoms with Gasteiger partial charge in [-0.25, -0.2) is 0 Å². The van der Waals surface area contributed by atoms with E-state index in [9.17, 15) is 0 Å². The first-order chi connectivity index (χ1) is 12.1. The first-order valence-corrected chi connectivity index (χ1v) is 7.96. The zero-order valence-corrected chi connectivity index (χ0v) is 14.2. The average molecular weight is 329 g/mol. The van der Waals surface area contributed by atoms with Crippen molar-refractivity contribution in [1.82, 2.24) is 0 Å². The van der Waals surface area contributed by atoms with Crippen molar-refractivity contribution in [2.45, 2.75) is 13.8 Å². The maximum absolute atomic E-state index is 5.74. The second kappa shape index (κ2) is 7.49. The Morgan fingerprint density at radius 2 is 1.08 bits per heavy atom. The molecule has 0 aliphatic carbocycles. The van der Waals surface area contributed by atoms with Gasteiger partial charge in [-0.1, -0.05) is 17.7 Å². The Balaban J connectivity index is 1.69. The molecule has 0 fully saturated rings. The molecule has 124 valence electrons. The summed E-state index contributed by atoms with van der Waals surface area (Å²) in [5.41, 5.74) is 11.8. The van der Waals surface area contributed by atoms with Crippen LogP contribution >= 0.6 is 0 Å². The van der Waals surface area contributed by atoms with Crippen LogP contribution < -0.4 is 5.73 Å². The van der Waals surface area contributed by atoms with Crippen LogP contribution in [0.3, 0.4) is 0 Å². The number of nitrogens with two attached hydrogens (primary N) is 1. The van der Waals surface area contributed by atoms with Gasteiger partial charge in [-0.15, -0.1) is 0 Å². The van der Waals surface area contributed by atoms with Crippen molar-refractivity contribution in [3.8, 4) is 0 Å². The van der Waals surface area contributed by atoms with Crippen LogP contribution in [0.4, 0.5) is 28.4 Å². The van der Waals surface area contributed by atoms with Crippen molar-refractivity contribution in [2.24, 2.45) is 20.5 Å². The molecule has 3 aromatic carbocycles. The van der Waals surface area contributed by atoms with E-state index in [0.29, 0.717) is 0 Å². The van der Waals surface area contributed by atoms with Crippen LogP contribution in [0.1, 0.15) is 11.1 Å². The minimum atomic E-state index is 0.722. The van der Waals surface area contributed by atoms with Gasteiger partial charge in [0.25, 0.3) is 0 Å². The molecule has 0 saturated carbocycles. The Morgan fingerprint density at radius 1 is 0.600 bits per heavy atom. The molecule has 3 aromatic rings. The van der Waals surface area contributed by atoms with E-state index in [1.54, 1.807) is 0 Å². The van der Waals surface area contributed by atoms with E-state index in [-0.39, 0.29) is 0 Å². The smallest absolute Gasteiger partial charge is 0.0887 e. The Bertz CT molecular complexity index is 910. The number of rotatable bonds is 4. The predicted molar refractivity (Wildman–Crippen MR) is 102 cm³/mol. The summed E-state index contributed by atoms with van der Waals surface area (Å²) in [7, 11) is 0. The van der Waals surface area contributed by atoms with Gasteiger partial charge in [-0.3, -0.25) is 0 Å². The van der Waals surface area contributed by atoms with Crippen LogP contribution in [0.2, 0.25) is 0 Å². The van der Waals surface area contributed by atoms with E-state index >= 15 is 0 Å². The molecule has 5 heteroatoms. The number of nitrogens with zero attached hydrogens (tertiary/aromatic N) is 4. The molecule has 0 atom stereocenters. The molecule has 2 N–H and O–H groups in total. The van der Waals surface area contributed by atoms with Gasteiger partial charge in [-0.05, 0) is 74.0 Å². The molecular weight excluding hydrogens is 310 g/mol. The highest BCUT2D eigenvalue weighted by Crippen LogP contribution is 2.25. The lowest BCUT2D eigenvalue weighted by molar-refractivity contribution is 1.20. The summed E-state index contributed by atoms with van der Waals surface area (Å²) in [4.78, 5) is 0. The largest absolute Gasteiger partial charge is 0.399 e. The zero-order valence-electron chi connectivity index (χ0n) is 14.2. The molecule has 5 nitrogen and oxygen atoms in total. The molecule has 0 spiro atoms. The van der Waals surface area contributed by atoms with Crippen LogP contribution in [0.25, 0.3) is 0 Å². The van der Waals surface area contributed by atoms with Crippen molar-refractivity contribution < 1.29 is 0 Å². The number of nitrogen functional groups attached to an aromatic ring is 1. The van der Waals surface area contributed by atoms with Gasteiger partial charge in [0.1, 0.15) is 0 Å². The quantitative estimate of drug-likeness (QED) is 0.419. The van der Waals surface area contributed by atoms with E-state index in [4.69, 9.17) is 5.73 Å². The molecule has 0 radical (unpaired) electrons. The Labute approximate surface area is 147 Å². The zero-order chi connectivity index (χ0) is 17.6. The lowest BCUT2D eigenvalue weighted by Gasteiger charge is -2.00. The SMILES string of the molecule is Cc1ccc(N=Nc2ccc(N=Nc3ccc(N)cc3C)cc2)cc1. The van der Waals surface area contributed by atoms with Crippen molar-refractivity contribution in [2.75, 3.05) is 5.73 Å². The summed E-state index contributed by atoms with van der Waals surface area (Å²) in [5.74, 6) is 0. The van der Waals surface area contributed by atoms with Gasteiger partial charge in [0.05, 0.1) is 22.7 Å². The van der Waals surface area contributed by atoms with Gasteiger partial charge < -0.3 is 5.73 Å². The van der Waals surface area contributed by atoms with Gasteiger partial charge in [0, 0.05) is 5.69 Å². The summed E-state index contributed by atoms with van der Waals surface area (Å²) < 4.78 is 0. The highest BCUT2D eigenvalue weighted by atomic mass is 15.1. The van der Waals surface area contributed by atoms with E-state index in [1.807, 2.05) is 80.6 Å². The third kappa shape index (κ3) is 4.57. The summed E-state index contributed by atoms with van der Waals surface area (Å²) in [5, 5.41) is 17.0. The second-order valence-electron chi connectivity index (χ2n) is 5.80. The van der Waals surface area contributed by atoms with Gasteiger partial charge in [0.2, 0.25) is 0 Å². The number of anilines is 1. The molecular formula is C20H19N5. The fourth-order valence-corrected chi connectivity index (χ4v) is 2.22. The van der Waals surface area contributed by atoms with Gasteiger partial charge >= 0.3 is 0 Å². The highest BCUT2D eigenvalue weighted by Gasteiger charge is 1.97. The minimum Gasteiger partial charge on any atom is -0.399 e. The number of hydrogen-bond acceptors (Lipinski definition) is 5. The Hall–Kier alpha value is -3.34. The summed E-state index contributed by atoms with van der Waals surface area (Å²) in [6.45, 7) is 4.00. The molecule has 0 bridgehead atoms. The van der Waals surface area contributed by atoms with Crippen LogP contribution in [-0.2, 0) is 0 Å². The van der Waals surface area contributed by atoms with Gasteiger partial charge in [0.15, 0.2) is 0 Å². The van der Waals surface area contributed by atoms with Crippen LogP contribution in [0.15, 0.2) is 87.2 Å². The number of benzene rings is 3. The second-order valence-corrected chi connectivity index (χ2v) is 5.80. The van der Waals surface area contributed by atoms with E-state index in [2.05, 4.69) is 20.5 Å². The van der Waals surface area contributed by atoms with Crippen molar-refractivity contribution in [3.63, 3.8) is 0 Å². The maximum atomic E-state index is 5.74. The molecule has 3 rings (SSSR count). The molecule has 0 heterocycles. The molecule has 0 aromatic heterocycles. The minimum absolute atomic E-state index is 0.722. The van der Waals surface area contributed by atoms with E-state index in [1.165, 1.54) is 5.56 Å². The maximum Gasteiger partial charge on any atom is 0.0887 e. The van der Waals surface area contributed by atoms with Gasteiger partial charge in [-0.2, -0.15) is 20.5 Å². The number of aryl methyl sites for hydroxylation is 2. The van der Waals surface area contributed by atoms with Crippen LogP contribution in [0.5, 0.6) is 0 Å². The molecule has 0 unspecified atom stereocenters. The first-order valence-electron chi connectivity index (χ1n) is 7.96. The lowest BCUT2D eigenvalue weighted by Crippen LogP contribution is -1.84. The topological polar surface area (TPSA) is 75.5 Å². The standard InChI is InChI=1S/C20H19N5/c1-14-3-6-17(7-4-14)22-23-18-8-10-19(11-9-18)24-25-20-12-5-16(21)13-15(20)2/h3-13H,21H2,1-2H3. The molecule has 0 amide bonds. The molecule has 25 heavy (non-hydrogen) atoms. The number of hydrogen-bond donors (Lipinski definition) is 1. The Morgan fingerprint density at radius 3 is 1.60 bits per heavy atom. The summed E-state index contributed by atoms with van der Waals surface area (Å²) in [6, 6.07) is 20.9. The van der Waals surface area contributed by atoms with E-state index in [0.717, 1.165) is 34.0 Å². The fraction of sp³-hybridized carbons (Fsp3) is 0.100. The predicted octanol–water partition coefficient (Wildman–Crippen LogP) is 6.72. The molecule has 0 aliphatic rings. The monoisotopic (exact) mass is 329 g/mol.